The van der Waals surface area contributed by atoms with Crippen LogP contribution in [0.2, 0.25) is 0 Å². The summed E-state index contributed by atoms with van der Waals surface area (Å²) >= 11 is 0. The number of hydrogen-bond acceptors (Lipinski definition) is 4. The molecule has 0 atom stereocenters. The van der Waals surface area contributed by atoms with Crippen molar-refractivity contribution in [3.8, 4) is 0 Å². The van der Waals surface area contributed by atoms with Crippen LogP contribution < -0.4 is 15.4 Å². The number of benzene rings is 2. The lowest BCUT2D eigenvalue weighted by molar-refractivity contribution is 0.102. The summed E-state index contributed by atoms with van der Waals surface area (Å²) in [7, 11) is -3.55. The minimum absolute atomic E-state index is 0.244. The highest BCUT2D eigenvalue weighted by molar-refractivity contribution is 7.95. The number of amides is 1. The van der Waals surface area contributed by atoms with Crippen molar-refractivity contribution in [2.45, 2.75) is 13.0 Å². The highest BCUT2D eigenvalue weighted by atomic mass is 32.2. The van der Waals surface area contributed by atoms with Crippen molar-refractivity contribution in [1.29, 1.82) is 0 Å². The Labute approximate surface area is 147 Å². The summed E-state index contributed by atoms with van der Waals surface area (Å²) in [6.07, 6.45) is 0.942. The van der Waals surface area contributed by atoms with Crippen molar-refractivity contribution in [2.24, 2.45) is 0 Å². The van der Waals surface area contributed by atoms with Gasteiger partial charge < -0.3 is 10.6 Å². The molecule has 130 valence electrons. The maximum atomic E-state index is 12.4. The van der Waals surface area contributed by atoms with Gasteiger partial charge in [-0.15, -0.1) is 0 Å². The standard InChI is InChI=1S/C18H19N3O3S/c1-2-25(23,24)21-16-6-3-13(4-7-16)18(22)20-17-8-5-15-12-19-10-9-14(15)11-17/h2-8,11,19,21H,1,9-10,12H2,(H,20,22). The van der Waals surface area contributed by atoms with Crippen molar-refractivity contribution in [1.82, 2.24) is 5.32 Å². The summed E-state index contributed by atoms with van der Waals surface area (Å²) < 4.78 is 25.2. The molecule has 1 aliphatic rings. The largest absolute Gasteiger partial charge is 0.322 e. The molecule has 25 heavy (non-hydrogen) atoms. The third-order valence-corrected chi connectivity index (χ3v) is 4.94. The zero-order valence-electron chi connectivity index (χ0n) is 13.6. The number of rotatable bonds is 5. The van der Waals surface area contributed by atoms with E-state index in [1.165, 1.54) is 23.3 Å². The molecule has 3 rings (SSSR count). The molecule has 0 radical (unpaired) electrons. The van der Waals surface area contributed by atoms with Gasteiger partial charge in [-0.05, 0) is 60.5 Å². The Hall–Kier alpha value is -2.64. The first-order valence-electron chi connectivity index (χ1n) is 7.86. The van der Waals surface area contributed by atoms with Gasteiger partial charge in [0.05, 0.1) is 0 Å². The van der Waals surface area contributed by atoms with Crippen LogP contribution in [0.3, 0.4) is 0 Å². The fourth-order valence-electron chi connectivity index (χ4n) is 2.65. The molecule has 0 saturated heterocycles. The molecule has 1 amide bonds. The third kappa shape index (κ3) is 4.26. The molecule has 0 spiro atoms. The zero-order valence-corrected chi connectivity index (χ0v) is 14.4. The Morgan fingerprint density at radius 2 is 1.80 bits per heavy atom. The van der Waals surface area contributed by atoms with E-state index in [9.17, 15) is 13.2 Å². The van der Waals surface area contributed by atoms with Crippen LogP contribution in [0.1, 0.15) is 21.5 Å². The van der Waals surface area contributed by atoms with Crippen LogP contribution in [0.25, 0.3) is 0 Å². The molecule has 3 N–H and O–H groups in total. The molecule has 6 nitrogen and oxygen atoms in total. The minimum Gasteiger partial charge on any atom is -0.322 e. The molecule has 0 unspecified atom stereocenters. The van der Waals surface area contributed by atoms with Crippen molar-refractivity contribution < 1.29 is 13.2 Å². The molecule has 0 saturated carbocycles. The Bertz CT molecular complexity index is 906. The number of carbonyl (C=O) groups is 1. The Balaban J connectivity index is 1.70. The van der Waals surface area contributed by atoms with Crippen LogP contribution in [0.5, 0.6) is 0 Å². The number of anilines is 2. The normalized spacial score (nSPS) is 13.6. The third-order valence-electron chi connectivity index (χ3n) is 3.98. The van der Waals surface area contributed by atoms with Gasteiger partial charge in [0.25, 0.3) is 15.9 Å². The SMILES string of the molecule is C=CS(=O)(=O)Nc1ccc(C(=O)Nc2ccc3c(c2)CCNC3)cc1. The van der Waals surface area contributed by atoms with Gasteiger partial charge in [0.15, 0.2) is 0 Å². The number of carbonyl (C=O) groups excluding carboxylic acids is 1. The van der Waals surface area contributed by atoms with E-state index in [1.54, 1.807) is 12.1 Å². The second kappa shape index (κ2) is 7.08. The van der Waals surface area contributed by atoms with E-state index in [0.717, 1.165) is 30.6 Å². The fraction of sp³-hybridized carbons (Fsp3) is 0.167. The van der Waals surface area contributed by atoms with Gasteiger partial charge in [-0.25, -0.2) is 8.42 Å². The quantitative estimate of drug-likeness (QED) is 0.767. The summed E-state index contributed by atoms with van der Waals surface area (Å²) in [5, 5.41) is 7.02. The van der Waals surface area contributed by atoms with Crippen LogP contribution >= 0.6 is 0 Å². The van der Waals surface area contributed by atoms with Gasteiger partial charge in [0, 0.05) is 28.9 Å². The molecule has 2 aromatic carbocycles. The second-order valence-electron chi connectivity index (χ2n) is 5.76. The molecule has 0 aromatic heterocycles. The first-order valence-corrected chi connectivity index (χ1v) is 9.41. The lowest BCUT2D eigenvalue weighted by atomic mass is 10.0. The summed E-state index contributed by atoms with van der Waals surface area (Å²) in [5.41, 5.74) is 4.06. The minimum atomic E-state index is -3.55. The monoisotopic (exact) mass is 357 g/mol. The molecular formula is C18H19N3O3S. The predicted molar refractivity (Wildman–Crippen MR) is 99.0 cm³/mol. The Morgan fingerprint density at radius 1 is 1.08 bits per heavy atom. The Kier molecular flexibility index (Phi) is 4.87. The molecule has 0 fully saturated rings. The average molecular weight is 357 g/mol. The predicted octanol–water partition coefficient (Wildman–Crippen LogP) is 2.47. The number of nitrogens with one attached hydrogen (secondary N) is 3. The van der Waals surface area contributed by atoms with Crippen LogP contribution in [0, 0.1) is 0 Å². The zero-order chi connectivity index (χ0) is 17.9. The smallest absolute Gasteiger partial charge is 0.255 e. The van der Waals surface area contributed by atoms with Crippen molar-refractivity contribution >= 4 is 27.3 Å². The lowest BCUT2D eigenvalue weighted by Gasteiger charge is -2.18. The number of hydrogen-bond donors (Lipinski definition) is 3. The van der Waals surface area contributed by atoms with E-state index in [4.69, 9.17) is 0 Å². The molecule has 0 aliphatic carbocycles. The number of fused-ring (bicyclic) bond motifs is 1. The Morgan fingerprint density at radius 3 is 2.52 bits per heavy atom. The lowest BCUT2D eigenvalue weighted by Crippen LogP contribution is -2.23. The van der Waals surface area contributed by atoms with Crippen molar-refractivity contribution in [3.63, 3.8) is 0 Å². The highest BCUT2D eigenvalue weighted by Crippen LogP contribution is 2.20. The van der Waals surface area contributed by atoms with Crippen molar-refractivity contribution in [3.05, 3.63) is 71.1 Å². The molecule has 1 heterocycles. The van der Waals surface area contributed by atoms with Crippen LogP contribution in [0.15, 0.2) is 54.5 Å². The summed E-state index contributed by atoms with van der Waals surface area (Å²) in [6, 6.07) is 12.1. The highest BCUT2D eigenvalue weighted by Gasteiger charge is 2.12. The van der Waals surface area contributed by atoms with E-state index in [1.807, 2.05) is 18.2 Å². The van der Waals surface area contributed by atoms with Crippen molar-refractivity contribution in [2.75, 3.05) is 16.6 Å². The van der Waals surface area contributed by atoms with E-state index in [-0.39, 0.29) is 5.91 Å². The maximum absolute atomic E-state index is 12.4. The topological polar surface area (TPSA) is 87.3 Å². The average Bonchev–Trinajstić information content (AvgIpc) is 2.62. The van der Waals surface area contributed by atoms with Gasteiger partial charge in [0.1, 0.15) is 0 Å². The maximum Gasteiger partial charge on any atom is 0.255 e. The van der Waals surface area contributed by atoms with Gasteiger partial charge in [0.2, 0.25) is 0 Å². The molecule has 1 aliphatic heterocycles. The first-order chi connectivity index (χ1) is 12.0. The van der Waals surface area contributed by atoms with Gasteiger partial charge in [-0.1, -0.05) is 12.6 Å². The summed E-state index contributed by atoms with van der Waals surface area (Å²) in [5.74, 6) is -0.244. The summed E-state index contributed by atoms with van der Waals surface area (Å²) in [6.45, 7) is 5.02. The van der Waals surface area contributed by atoms with Crippen LogP contribution in [0.4, 0.5) is 11.4 Å². The van der Waals surface area contributed by atoms with Gasteiger partial charge in [-0.2, -0.15) is 0 Å². The summed E-state index contributed by atoms with van der Waals surface area (Å²) in [4.78, 5) is 12.4. The van der Waals surface area contributed by atoms with E-state index in [0.29, 0.717) is 11.3 Å². The fourth-order valence-corrected chi connectivity index (χ4v) is 3.20. The van der Waals surface area contributed by atoms with E-state index in [2.05, 4.69) is 21.9 Å². The van der Waals surface area contributed by atoms with Gasteiger partial charge in [-0.3, -0.25) is 9.52 Å². The molecule has 2 aromatic rings. The van der Waals surface area contributed by atoms with Crippen LogP contribution in [-0.4, -0.2) is 20.9 Å². The second-order valence-corrected chi connectivity index (χ2v) is 7.38. The van der Waals surface area contributed by atoms with Crippen LogP contribution in [-0.2, 0) is 23.0 Å². The number of sulfonamides is 1. The van der Waals surface area contributed by atoms with E-state index >= 15 is 0 Å². The van der Waals surface area contributed by atoms with E-state index < -0.39 is 10.0 Å². The van der Waals surface area contributed by atoms with Gasteiger partial charge >= 0.3 is 0 Å². The first kappa shape index (κ1) is 17.2. The molecular weight excluding hydrogens is 338 g/mol. The molecule has 0 bridgehead atoms. The molecule has 7 heteroatoms.